The van der Waals surface area contributed by atoms with Crippen LogP contribution in [0.5, 0.6) is 0 Å². The van der Waals surface area contributed by atoms with Crippen molar-refractivity contribution in [3.8, 4) is 11.3 Å². The molecule has 0 bridgehead atoms. The van der Waals surface area contributed by atoms with Crippen LogP contribution in [0.2, 0.25) is 0 Å². The van der Waals surface area contributed by atoms with Gasteiger partial charge in [-0.3, -0.25) is 4.79 Å². The van der Waals surface area contributed by atoms with Gasteiger partial charge in [-0.05, 0) is 69.5 Å². The fourth-order valence-electron chi connectivity index (χ4n) is 3.99. The van der Waals surface area contributed by atoms with Crippen LogP contribution in [0.1, 0.15) is 33.1 Å². The number of urea groups is 1. The van der Waals surface area contributed by atoms with Crippen molar-refractivity contribution in [3.63, 3.8) is 0 Å². The molecule has 1 aliphatic heterocycles. The highest BCUT2D eigenvalue weighted by Crippen LogP contribution is 2.27. The number of hydrogen-bond acceptors (Lipinski definition) is 5. The van der Waals surface area contributed by atoms with Crippen molar-refractivity contribution in [3.05, 3.63) is 42.2 Å². The van der Waals surface area contributed by atoms with Crippen molar-refractivity contribution in [2.24, 2.45) is 0 Å². The number of halogens is 1. The molecule has 1 aromatic carbocycles. The molecular weight excluding hydrogens is 423 g/mol. The molecule has 1 N–H and O–H groups in total. The lowest BCUT2D eigenvalue weighted by atomic mass is 10.1. The molecule has 3 amide bonds. The summed E-state index contributed by atoms with van der Waals surface area (Å²) in [5, 5.41) is 11.6. The molecule has 33 heavy (non-hydrogen) atoms. The summed E-state index contributed by atoms with van der Waals surface area (Å²) in [4.78, 5) is 31.1. The minimum Gasteiger partial charge on any atom is -0.353 e. The van der Waals surface area contributed by atoms with E-state index < -0.39 is 0 Å². The van der Waals surface area contributed by atoms with E-state index in [1.165, 1.54) is 12.1 Å². The van der Waals surface area contributed by atoms with E-state index in [9.17, 15) is 14.0 Å². The summed E-state index contributed by atoms with van der Waals surface area (Å²) in [5.74, 6) is 0.458. The Bertz CT molecular complexity index is 962. The maximum absolute atomic E-state index is 13.1. The molecule has 9 heteroatoms. The van der Waals surface area contributed by atoms with Crippen molar-refractivity contribution in [2.45, 2.75) is 45.2 Å². The smallest absolute Gasteiger partial charge is 0.318 e. The van der Waals surface area contributed by atoms with Gasteiger partial charge in [-0.25, -0.2) is 9.18 Å². The number of carbonyl (C=O) groups is 2. The van der Waals surface area contributed by atoms with Gasteiger partial charge in [0.15, 0.2) is 5.82 Å². The van der Waals surface area contributed by atoms with Crippen LogP contribution >= 0.6 is 0 Å². The van der Waals surface area contributed by atoms with E-state index in [1.807, 2.05) is 30.9 Å². The summed E-state index contributed by atoms with van der Waals surface area (Å²) >= 11 is 0. The van der Waals surface area contributed by atoms with Gasteiger partial charge in [0.25, 0.3) is 0 Å². The van der Waals surface area contributed by atoms with E-state index in [-0.39, 0.29) is 36.4 Å². The molecule has 1 aromatic heterocycles. The number of anilines is 1. The SMILES string of the molecule is CC(C)NC(=O)N(CC(=O)N1CCCN(c2ccc(-c3ccc(F)cc3)nn2)CC1)C1CC1. The number of carbonyl (C=O) groups excluding carboxylic acids is 2. The maximum atomic E-state index is 13.1. The lowest BCUT2D eigenvalue weighted by molar-refractivity contribution is -0.131. The monoisotopic (exact) mass is 454 g/mol. The van der Waals surface area contributed by atoms with Crippen molar-refractivity contribution in [2.75, 3.05) is 37.6 Å². The Hall–Kier alpha value is -3.23. The van der Waals surface area contributed by atoms with Crippen LogP contribution < -0.4 is 10.2 Å². The Labute approximate surface area is 193 Å². The Kier molecular flexibility index (Phi) is 7.05. The second-order valence-electron chi connectivity index (χ2n) is 8.97. The molecular formula is C24H31FN6O2. The highest BCUT2D eigenvalue weighted by atomic mass is 19.1. The number of rotatable bonds is 6. The predicted octanol–water partition coefficient (Wildman–Crippen LogP) is 2.90. The first-order chi connectivity index (χ1) is 15.9. The lowest BCUT2D eigenvalue weighted by Gasteiger charge is -2.27. The molecule has 0 radical (unpaired) electrons. The van der Waals surface area contributed by atoms with Crippen LogP contribution in [0.15, 0.2) is 36.4 Å². The third-order valence-electron chi connectivity index (χ3n) is 5.93. The molecule has 176 valence electrons. The Balaban J connectivity index is 1.34. The average Bonchev–Trinajstić information content (AvgIpc) is 3.64. The van der Waals surface area contributed by atoms with Crippen LogP contribution in [0, 0.1) is 5.82 Å². The summed E-state index contributed by atoms with van der Waals surface area (Å²) < 4.78 is 13.1. The summed E-state index contributed by atoms with van der Waals surface area (Å²) in [6.45, 7) is 6.61. The van der Waals surface area contributed by atoms with Crippen LogP contribution in [-0.4, -0.2) is 76.7 Å². The quantitative estimate of drug-likeness (QED) is 0.726. The first kappa shape index (κ1) is 22.9. The summed E-state index contributed by atoms with van der Waals surface area (Å²) in [5.41, 5.74) is 1.50. The Morgan fingerprint density at radius 3 is 2.45 bits per heavy atom. The second kappa shape index (κ2) is 10.1. The summed E-state index contributed by atoms with van der Waals surface area (Å²) in [6.07, 6.45) is 2.73. The summed E-state index contributed by atoms with van der Waals surface area (Å²) in [6, 6.07) is 10.0. The third kappa shape index (κ3) is 5.97. The Morgan fingerprint density at radius 1 is 1.06 bits per heavy atom. The molecule has 1 saturated heterocycles. The molecule has 2 fully saturated rings. The minimum absolute atomic E-state index is 0.0135. The van der Waals surface area contributed by atoms with E-state index in [0.717, 1.165) is 37.2 Å². The van der Waals surface area contributed by atoms with Gasteiger partial charge in [0.05, 0.1) is 5.69 Å². The van der Waals surface area contributed by atoms with Gasteiger partial charge < -0.3 is 20.0 Å². The van der Waals surface area contributed by atoms with Crippen LogP contribution in [-0.2, 0) is 4.79 Å². The zero-order chi connectivity index (χ0) is 23.4. The molecule has 8 nitrogen and oxygen atoms in total. The van der Waals surface area contributed by atoms with Crippen molar-refractivity contribution >= 4 is 17.8 Å². The van der Waals surface area contributed by atoms with E-state index in [4.69, 9.17) is 0 Å². The minimum atomic E-state index is -0.284. The van der Waals surface area contributed by atoms with Gasteiger partial charge in [-0.1, -0.05) is 0 Å². The fraction of sp³-hybridized carbons (Fsp3) is 0.500. The highest BCUT2D eigenvalue weighted by Gasteiger charge is 2.35. The molecule has 0 spiro atoms. The van der Waals surface area contributed by atoms with Crippen molar-refractivity contribution in [1.82, 2.24) is 25.3 Å². The van der Waals surface area contributed by atoms with Crippen LogP contribution in [0.25, 0.3) is 11.3 Å². The van der Waals surface area contributed by atoms with Gasteiger partial charge in [-0.15, -0.1) is 10.2 Å². The molecule has 2 heterocycles. The normalized spacial score (nSPS) is 16.5. The van der Waals surface area contributed by atoms with Crippen molar-refractivity contribution < 1.29 is 14.0 Å². The zero-order valence-corrected chi connectivity index (χ0v) is 19.2. The second-order valence-corrected chi connectivity index (χ2v) is 8.97. The third-order valence-corrected chi connectivity index (χ3v) is 5.93. The van der Waals surface area contributed by atoms with Crippen molar-refractivity contribution in [1.29, 1.82) is 0 Å². The number of nitrogens with zero attached hydrogens (tertiary/aromatic N) is 5. The van der Waals surface area contributed by atoms with E-state index >= 15 is 0 Å². The van der Waals surface area contributed by atoms with Gasteiger partial charge in [0, 0.05) is 43.8 Å². The molecule has 4 rings (SSSR count). The van der Waals surface area contributed by atoms with Gasteiger partial charge in [0.2, 0.25) is 5.91 Å². The lowest BCUT2D eigenvalue weighted by Crippen LogP contribution is -2.49. The molecule has 1 aliphatic carbocycles. The number of aromatic nitrogens is 2. The van der Waals surface area contributed by atoms with Gasteiger partial charge >= 0.3 is 6.03 Å². The summed E-state index contributed by atoms with van der Waals surface area (Å²) in [7, 11) is 0. The molecule has 2 aromatic rings. The standard InChI is InChI=1S/C24H31FN6O2/c1-17(2)26-24(33)31(20-8-9-20)16-23(32)30-13-3-12-29(14-15-30)22-11-10-21(27-28-22)18-4-6-19(25)7-5-18/h4-7,10-11,17,20H,3,8-9,12-16H2,1-2H3,(H,26,33). The van der Waals surface area contributed by atoms with E-state index in [0.29, 0.717) is 25.3 Å². The number of amides is 3. The first-order valence-corrected chi connectivity index (χ1v) is 11.6. The first-order valence-electron chi connectivity index (χ1n) is 11.6. The molecule has 0 atom stereocenters. The predicted molar refractivity (Wildman–Crippen MR) is 124 cm³/mol. The van der Waals surface area contributed by atoms with E-state index in [1.54, 1.807) is 17.0 Å². The topological polar surface area (TPSA) is 81.7 Å². The molecule has 2 aliphatic rings. The number of hydrogen-bond donors (Lipinski definition) is 1. The van der Waals surface area contributed by atoms with Gasteiger partial charge in [-0.2, -0.15) is 0 Å². The highest BCUT2D eigenvalue weighted by molar-refractivity contribution is 5.84. The molecule has 0 unspecified atom stereocenters. The van der Waals surface area contributed by atoms with Crippen LogP contribution in [0.3, 0.4) is 0 Å². The fourth-order valence-corrected chi connectivity index (χ4v) is 3.99. The van der Waals surface area contributed by atoms with Crippen LogP contribution in [0.4, 0.5) is 15.0 Å². The maximum Gasteiger partial charge on any atom is 0.318 e. The largest absolute Gasteiger partial charge is 0.353 e. The number of nitrogens with one attached hydrogen (secondary N) is 1. The molecule has 1 saturated carbocycles. The number of benzene rings is 1. The average molecular weight is 455 g/mol. The van der Waals surface area contributed by atoms with Gasteiger partial charge in [0.1, 0.15) is 12.4 Å². The Morgan fingerprint density at radius 2 is 1.82 bits per heavy atom. The van der Waals surface area contributed by atoms with E-state index in [2.05, 4.69) is 20.4 Å². The zero-order valence-electron chi connectivity index (χ0n) is 19.2.